The van der Waals surface area contributed by atoms with Gasteiger partial charge in [0.15, 0.2) is 5.82 Å². The second-order valence-electron chi connectivity index (χ2n) is 10.3. The smallest absolute Gasteiger partial charge is 0.434 e. The van der Waals surface area contributed by atoms with E-state index < -0.39 is 47.7 Å². The molecule has 0 spiro atoms. The van der Waals surface area contributed by atoms with Gasteiger partial charge in [0, 0.05) is 31.7 Å². The number of halogens is 6. The van der Waals surface area contributed by atoms with Crippen molar-refractivity contribution in [1.82, 2.24) is 29.9 Å². The van der Waals surface area contributed by atoms with Crippen molar-refractivity contribution in [1.29, 1.82) is 0 Å². The SMILES string of the molecule is CC1(NC(=O)c2nnc3n2CCN(C(=O)OC(C)(C)C)C3)CCN(C(=O)OC(C(F)(F)F)C(F)(F)F)CC1. The Balaban J connectivity index is 1.58. The Morgan fingerprint density at radius 1 is 0.895 bits per heavy atom. The van der Waals surface area contributed by atoms with Gasteiger partial charge in [-0.15, -0.1) is 10.2 Å². The summed E-state index contributed by atoms with van der Waals surface area (Å²) in [5.41, 5.74) is -1.63. The van der Waals surface area contributed by atoms with Crippen molar-refractivity contribution in [3.8, 4) is 0 Å². The van der Waals surface area contributed by atoms with E-state index >= 15 is 0 Å². The summed E-state index contributed by atoms with van der Waals surface area (Å²) in [6.07, 6.45) is -18.1. The summed E-state index contributed by atoms with van der Waals surface area (Å²) in [6.45, 7) is 6.86. The number of likely N-dealkylation sites (tertiary alicyclic amines) is 1. The van der Waals surface area contributed by atoms with Gasteiger partial charge in [-0.1, -0.05) is 0 Å². The number of amides is 3. The van der Waals surface area contributed by atoms with Gasteiger partial charge in [0.2, 0.25) is 5.82 Å². The fourth-order valence-electron chi connectivity index (χ4n) is 3.94. The molecular weight excluding hydrogens is 530 g/mol. The zero-order chi connectivity index (χ0) is 28.7. The number of carbonyl (C=O) groups excluding carboxylic acids is 3. The van der Waals surface area contributed by atoms with Gasteiger partial charge in [-0.3, -0.25) is 9.69 Å². The Hall–Kier alpha value is -3.27. The fourth-order valence-corrected chi connectivity index (χ4v) is 3.94. The molecule has 1 fully saturated rings. The lowest BCUT2D eigenvalue weighted by atomic mass is 9.89. The molecule has 17 heteroatoms. The van der Waals surface area contributed by atoms with E-state index in [2.05, 4.69) is 20.3 Å². The monoisotopic (exact) mass is 558 g/mol. The summed E-state index contributed by atoms with van der Waals surface area (Å²) in [4.78, 5) is 39.4. The van der Waals surface area contributed by atoms with Crippen molar-refractivity contribution in [3.63, 3.8) is 0 Å². The Morgan fingerprint density at radius 2 is 1.47 bits per heavy atom. The molecule has 1 aromatic rings. The molecule has 3 rings (SSSR count). The third kappa shape index (κ3) is 6.98. The maximum absolute atomic E-state index is 12.9. The highest BCUT2D eigenvalue weighted by molar-refractivity contribution is 5.91. The Morgan fingerprint density at radius 3 is 2.00 bits per heavy atom. The minimum atomic E-state index is -5.81. The molecule has 1 N–H and O–H groups in total. The van der Waals surface area contributed by atoms with E-state index in [0.29, 0.717) is 5.82 Å². The normalized spacial score (nSPS) is 18.2. The Kier molecular flexibility index (Phi) is 7.81. The van der Waals surface area contributed by atoms with Crippen LogP contribution in [0.15, 0.2) is 0 Å². The topological polar surface area (TPSA) is 119 Å². The van der Waals surface area contributed by atoms with E-state index in [1.165, 1.54) is 4.90 Å². The van der Waals surface area contributed by atoms with Crippen LogP contribution in [-0.4, -0.2) is 91.9 Å². The van der Waals surface area contributed by atoms with E-state index in [1.807, 2.05) is 0 Å². The number of hydrogen-bond donors (Lipinski definition) is 1. The molecule has 3 amide bonds. The molecule has 0 saturated carbocycles. The molecule has 214 valence electrons. The predicted molar refractivity (Wildman–Crippen MR) is 116 cm³/mol. The molecule has 2 aliphatic rings. The van der Waals surface area contributed by atoms with Crippen LogP contribution >= 0.6 is 0 Å². The van der Waals surface area contributed by atoms with Crippen LogP contribution in [0.2, 0.25) is 0 Å². The minimum Gasteiger partial charge on any atom is -0.444 e. The molecule has 0 bridgehead atoms. The lowest BCUT2D eigenvalue weighted by Crippen LogP contribution is -2.56. The highest BCUT2D eigenvalue weighted by Crippen LogP contribution is 2.36. The third-order valence-corrected chi connectivity index (χ3v) is 5.96. The summed E-state index contributed by atoms with van der Waals surface area (Å²) in [5, 5.41) is 10.6. The molecule has 3 heterocycles. The van der Waals surface area contributed by atoms with Crippen LogP contribution in [0.3, 0.4) is 0 Å². The second-order valence-corrected chi connectivity index (χ2v) is 10.3. The van der Waals surface area contributed by atoms with Crippen molar-refractivity contribution in [2.75, 3.05) is 19.6 Å². The predicted octanol–water partition coefficient (Wildman–Crippen LogP) is 3.24. The zero-order valence-electron chi connectivity index (χ0n) is 21.1. The first kappa shape index (κ1) is 29.3. The fraction of sp³-hybridized carbons (Fsp3) is 0.762. The molecule has 0 radical (unpaired) electrons. The first-order valence-corrected chi connectivity index (χ1v) is 11.6. The van der Waals surface area contributed by atoms with E-state index in [-0.39, 0.29) is 51.4 Å². The molecule has 1 saturated heterocycles. The summed E-state index contributed by atoms with van der Waals surface area (Å²) < 4.78 is 86.8. The van der Waals surface area contributed by atoms with Gasteiger partial charge >= 0.3 is 24.5 Å². The van der Waals surface area contributed by atoms with Gasteiger partial charge in [-0.2, -0.15) is 26.3 Å². The van der Waals surface area contributed by atoms with E-state index in [1.54, 1.807) is 32.3 Å². The van der Waals surface area contributed by atoms with Gasteiger partial charge in [0.1, 0.15) is 5.60 Å². The summed E-state index contributed by atoms with van der Waals surface area (Å²) >= 11 is 0. The lowest BCUT2D eigenvalue weighted by molar-refractivity contribution is -0.308. The first-order valence-electron chi connectivity index (χ1n) is 11.6. The highest BCUT2D eigenvalue weighted by atomic mass is 19.4. The molecule has 1 aromatic heterocycles. The second kappa shape index (κ2) is 10.1. The number of ether oxygens (including phenoxy) is 2. The Bertz CT molecular complexity index is 1040. The van der Waals surface area contributed by atoms with Crippen LogP contribution in [0.5, 0.6) is 0 Å². The van der Waals surface area contributed by atoms with Crippen molar-refractivity contribution in [2.24, 2.45) is 0 Å². The number of nitrogens with zero attached hydrogens (tertiary/aromatic N) is 5. The molecule has 0 atom stereocenters. The Labute approximate surface area is 213 Å². The van der Waals surface area contributed by atoms with Crippen LogP contribution in [0.1, 0.15) is 57.0 Å². The van der Waals surface area contributed by atoms with E-state index in [0.717, 1.165) is 4.90 Å². The molecule has 38 heavy (non-hydrogen) atoms. The third-order valence-electron chi connectivity index (χ3n) is 5.96. The average Bonchev–Trinajstić information content (AvgIpc) is 3.18. The zero-order valence-corrected chi connectivity index (χ0v) is 21.1. The van der Waals surface area contributed by atoms with E-state index in [9.17, 15) is 40.7 Å². The van der Waals surface area contributed by atoms with Gasteiger partial charge in [0.05, 0.1) is 6.54 Å². The number of aromatic nitrogens is 3. The van der Waals surface area contributed by atoms with Crippen molar-refractivity contribution >= 4 is 18.1 Å². The number of hydrogen-bond acceptors (Lipinski definition) is 7. The molecule has 2 aliphatic heterocycles. The molecule has 0 aromatic carbocycles. The number of rotatable bonds is 3. The van der Waals surface area contributed by atoms with Crippen LogP contribution in [0, 0.1) is 0 Å². The lowest BCUT2D eigenvalue weighted by Gasteiger charge is -2.39. The summed E-state index contributed by atoms with van der Waals surface area (Å²) in [5.74, 6) is -0.272. The highest BCUT2D eigenvalue weighted by Gasteiger charge is 2.60. The summed E-state index contributed by atoms with van der Waals surface area (Å²) in [6, 6.07) is 0. The molecular formula is C21H28F6N6O5. The molecule has 0 unspecified atom stereocenters. The number of fused-ring (bicyclic) bond motifs is 1. The largest absolute Gasteiger partial charge is 0.444 e. The number of carbonyl (C=O) groups is 3. The maximum atomic E-state index is 12.9. The summed E-state index contributed by atoms with van der Waals surface area (Å²) in [7, 11) is 0. The number of piperidine rings is 1. The quantitative estimate of drug-likeness (QED) is 0.566. The van der Waals surface area contributed by atoms with Crippen LogP contribution < -0.4 is 5.32 Å². The first-order chi connectivity index (χ1) is 17.3. The van der Waals surface area contributed by atoms with Crippen molar-refractivity contribution in [2.45, 2.75) is 83.2 Å². The maximum Gasteiger partial charge on any atom is 0.434 e. The average molecular weight is 558 g/mol. The van der Waals surface area contributed by atoms with Gasteiger partial charge in [-0.25, -0.2) is 9.59 Å². The van der Waals surface area contributed by atoms with E-state index in [4.69, 9.17) is 4.74 Å². The van der Waals surface area contributed by atoms with Crippen molar-refractivity contribution in [3.05, 3.63) is 11.6 Å². The van der Waals surface area contributed by atoms with Crippen LogP contribution in [0.25, 0.3) is 0 Å². The van der Waals surface area contributed by atoms with Crippen molar-refractivity contribution < 1.29 is 50.2 Å². The van der Waals surface area contributed by atoms with Gasteiger partial charge < -0.3 is 24.3 Å². The number of alkyl halides is 6. The minimum absolute atomic E-state index is 0.0231. The standard InChI is InChI=1S/C21H28F6N6O5/c1-18(2,3)38-17(36)32-9-10-33-12(11-32)29-30-13(33)14(34)28-19(4)5-7-31(8-6-19)16(35)37-15(20(22,23)24)21(25,26)27/h15H,5-11H2,1-4H3,(H,28,34). The molecule has 11 nitrogen and oxygen atoms in total. The van der Waals surface area contributed by atoms with Gasteiger partial charge in [0.25, 0.3) is 12.0 Å². The van der Waals surface area contributed by atoms with Crippen LogP contribution in [0.4, 0.5) is 35.9 Å². The van der Waals surface area contributed by atoms with Gasteiger partial charge in [-0.05, 0) is 40.5 Å². The molecule has 0 aliphatic carbocycles. The van der Waals surface area contributed by atoms with Crippen LogP contribution in [-0.2, 0) is 22.6 Å². The number of nitrogens with one attached hydrogen (secondary N) is 1.